The van der Waals surface area contributed by atoms with E-state index < -0.39 is 0 Å². The third kappa shape index (κ3) is 1.36. The van der Waals surface area contributed by atoms with E-state index in [4.69, 9.17) is 4.74 Å². The van der Waals surface area contributed by atoms with E-state index in [0.717, 1.165) is 12.8 Å². The molecule has 0 unspecified atom stereocenters. The van der Waals surface area contributed by atoms with Crippen molar-refractivity contribution in [3.63, 3.8) is 0 Å². The number of carbonyl (C=O) groups is 1. The summed E-state index contributed by atoms with van der Waals surface area (Å²) in [5.41, 5.74) is 1.80. The van der Waals surface area contributed by atoms with Crippen molar-refractivity contribution in [3.05, 3.63) is 11.6 Å². The monoisotopic (exact) mass is 234 g/mol. The summed E-state index contributed by atoms with van der Waals surface area (Å²) >= 11 is 0. The Kier molecular flexibility index (Phi) is 2.39. The molecule has 3 aliphatic rings. The van der Waals surface area contributed by atoms with Crippen LogP contribution >= 0.6 is 0 Å². The maximum Gasteiger partial charge on any atom is 0.309 e. The summed E-state index contributed by atoms with van der Waals surface area (Å²) in [5, 5.41) is 0. The normalized spacial score (nSPS) is 49.1. The maximum absolute atomic E-state index is 11.8. The fourth-order valence-electron chi connectivity index (χ4n) is 4.50. The number of hydrogen-bond acceptors (Lipinski definition) is 2. The highest BCUT2D eigenvalue weighted by Gasteiger charge is 2.57. The molecule has 1 saturated heterocycles. The molecule has 0 amide bonds. The fraction of sp³-hybridized carbons (Fsp3) is 0.800. The lowest BCUT2D eigenvalue weighted by atomic mass is 9.53. The summed E-state index contributed by atoms with van der Waals surface area (Å²) in [6.07, 6.45) is 7.25. The predicted molar refractivity (Wildman–Crippen MR) is 66.4 cm³/mol. The van der Waals surface area contributed by atoms with Crippen molar-refractivity contribution in [3.8, 4) is 0 Å². The second-order valence-corrected chi connectivity index (χ2v) is 6.32. The summed E-state index contributed by atoms with van der Waals surface area (Å²) in [7, 11) is 0. The van der Waals surface area contributed by atoms with Crippen LogP contribution in [0.3, 0.4) is 0 Å². The molecule has 1 saturated carbocycles. The van der Waals surface area contributed by atoms with E-state index in [2.05, 4.69) is 26.8 Å². The van der Waals surface area contributed by atoms with Gasteiger partial charge in [-0.05, 0) is 37.0 Å². The Morgan fingerprint density at radius 1 is 1.35 bits per heavy atom. The number of allylic oxidation sites excluding steroid dienone is 2. The van der Waals surface area contributed by atoms with Gasteiger partial charge in [0.25, 0.3) is 0 Å². The molecule has 2 aliphatic carbocycles. The molecule has 1 heterocycles. The van der Waals surface area contributed by atoms with E-state index in [0.29, 0.717) is 11.8 Å². The van der Waals surface area contributed by atoms with Crippen molar-refractivity contribution in [2.45, 2.75) is 52.6 Å². The van der Waals surface area contributed by atoms with Crippen LogP contribution in [0.25, 0.3) is 0 Å². The lowest BCUT2D eigenvalue weighted by Gasteiger charge is -2.51. The Morgan fingerprint density at radius 2 is 2.12 bits per heavy atom. The van der Waals surface area contributed by atoms with Gasteiger partial charge in [-0.15, -0.1) is 0 Å². The molecule has 94 valence electrons. The van der Waals surface area contributed by atoms with Crippen LogP contribution in [-0.4, -0.2) is 12.1 Å². The van der Waals surface area contributed by atoms with Crippen LogP contribution in [0.15, 0.2) is 11.6 Å². The lowest BCUT2D eigenvalue weighted by Crippen LogP contribution is -2.47. The Hall–Kier alpha value is -0.790. The first-order chi connectivity index (χ1) is 8.05. The van der Waals surface area contributed by atoms with E-state index in [1.807, 2.05) is 0 Å². The predicted octanol–water partition coefficient (Wildman–Crippen LogP) is 3.32. The van der Waals surface area contributed by atoms with Crippen molar-refractivity contribution in [2.75, 3.05) is 0 Å². The Balaban J connectivity index is 2.05. The van der Waals surface area contributed by atoms with Crippen LogP contribution < -0.4 is 0 Å². The second-order valence-electron chi connectivity index (χ2n) is 6.32. The quantitative estimate of drug-likeness (QED) is 0.475. The Labute approximate surface area is 103 Å². The molecule has 0 aromatic carbocycles. The van der Waals surface area contributed by atoms with Gasteiger partial charge in [-0.2, -0.15) is 0 Å². The van der Waals surface area contributed by atoms with Gasteiger partial charge in [0, 0.05) is 5.92 Å². The molecular weight excluding hydrogens is 212 g/mol. The van der Waals surface area contributed by atoms with Crippen LogP contribution in [-0.2, 0) is 9.53 Å². The van der Waals surface area contributed by atoms with Crippen LogP contribution in [0.4, 0.5) is 0 Å². The average Bonchev–Trinajstić information content (AvgIpc) is 2.58. The van der Waals surface area contributed by atoms with Gasteiger partial charge in [0.05, 0.1) is 5.92 Å². The highest BCUT2D eigenvalue weighted by atomic mass is 16.6. The number of fused-ring (bicyclic) bond motifs is 3. The van der Waals surface area contributed by atoms with E-state index in [-0.39, 0.29) is 23.4 Å². The van der Waals surface area contributed by atoms with Gasteiger partial charge in [0.2, 0.25) is 0 Å². The Bertz CT molecular complexity index is 384. The molecule has 0 N–H and O–H groups in total. The number of hydrogen-bond donors (Lipinski definition) is 0. The number of rotatable bonds is 0. The van der Waals surface area contributed by atoms with Gasteiger partial charge in [-0.25, -0.2) is 0 Å². The van der Waals surface area contributed by atoms with Gasteiger partial charge < -0.3 is 4.74 Å². The van der Waals surface area contributed by atoms with Crippen LogP contribution in [0.5, 0.6) is 0 Å². The topological polar surface area (TPSA) is 26.3 Å². The van der Waals surface area contributed by atoms with E-state index in [1.54, 1.807) is 5.57 Å². The largest absolute Gasteiger partial charge is 0.462 e. The summed E-state index contributed by atoms with van der Waals surface area (Å²) in [6.45, 7) is 6.78. The first-order valence-electron chi connectivity index (χ1n) is 6.95. The molecule has 0 aromatic rings. The Morgan fingerprint density at radius 3 is 2.88 bits per heavy atom. The van der Waals surface area contributed by atoms with Gasteiger partial charge in [0.1, 0.15) is 6.10 Å². The third-order valence-electron chi connectivity index (χ3n) is 5.68. The minimum Gasteiger partial charge on any atom is -0.462 e. The van der Waals surface area contributed by atoms with Crippen molar-refractivity contribution < 1.29 is 9.53 Å². The zero-order valence-corrected chi connectivity index (χ0v) is 11.0. The van der Waals surface area contributed by atoms with Crippen LogP contribution in [0.1, 0.15) is 46.5 Å². The smallest absolute Gasteiger partial charge is 0.309 e. The molecule has 1 aliphatic heterocycles. The number of ether oxygens (including phenoxy) is 1. The summed E-state index contributed by atoms with van der Waals surface area (Å²) < 4.78 is 5.57. The van der Waals surface area contributed by atoms with Gasteiger partial charge in [0.15, 0.2) is 0 Å². The zero-order chi connectivity index (χ0) is 12.2. The van der Waals surface area contributed by atoms with E-state index in [9.17, 15) is 4.79 Å². The molecule has 2 nitrogen and oxygen atoms in total. The van der Waals surface area contributed by atoms with Crippen LogP contribution in [0, 0.1) is 23.2 Å². The molecule has 2 heteroatoms. The lowest BCUT2D eigenvalue weighted by molar-refractivity contribution is -0.144. The molecular formula is C15H22O2. The molecule has 0 aromatic heterocycles. The number of carbonyl (C=O) groups excluding carboxylic acids is 1. The van der Waals surface area contributed by atoms with Crippen molar-refractivity contribution in [1.82, 2.24) is 0 Å². The minimum atomic E-state index is 0.0280. The van der Waals surface area contributed by atoms with E-state index in [1.165, 1.54) is 12.8 Å². The highest BCUT2D eigenvalue weighted by molar-refractivity contribution is 5.75. The molecule has 0 radical (unpaired) electrons. The third-order valence-corrected chi connectivity index (χ3v) is 5.68. The minimum absolute atomic E-state index is 0.0280. The molecule has 0 spiro atoms. The maximum atomic E-state index is 11.8. The van der Waals surface area contributed by atoms with E-state index >= 15 is 0 Å². The molecule has 3 rings (SSSR count). The SMILES string of the molecule is C[C@@H]1C(=O)O[C@@H]2CCC3=CCC[C@H](C)[C@@]3(C)[C@@H]12. The number of esters is 1. The fourth-order valence-corrected chi connectivity index (χ4v) is 4.50. The molecule has 2 fully saturated rings. The van der Waals surface area contributed by atoms with Gasteiger partial charge in [-0.1, -0.05) is 32.4 Å². The summed E-state index contributed by atoms with van der Waals surface area (Å²) in [6, 6.07) is 0. The first-order valence-corrected chi connectivity index (χ1v) is 6.95. The summed E-state index contributed by atoms with van der Waals surface area (Å²) in [4.78, 5) is 11.8. The van der Waals surface area contributed by atoms with Crippen molar-refractivity contribution >= 4 is 5.97 Å². The standard InChI is InChI=1S/C15H22O2/c1-9-5-4-6-11-7-8-12-13(15(9,11)3)10(2)14(16)17-12/h6,9-10,12-13H,4-5,7-8H2,1-3H3/t9-,10-,12+,13-,15+/m0/s1. The van der Waals surface area contributed by atoms with Gasteiger partial charge in [-0.3, -0.25) is 4.79 Å². The molecule has 0 bridgehead atoms. The first kappa shape index (κ1) is 11.3. The van der Waals surface area contributed by atoms with Gasteiger partial charge >= 0.3 is 5.97 Å². The van der Waals surface area contributed by atoms with Crippen molar-refractivity contribution in [1.29, 1.82) is 0 Å². The zero-order valence-electron chi connectivity index (χ0n) is 11.0. The average molecular weight is 234 g/mol. The highest BCUT2D eigenvalue weighted by Crippen LogP contribution is 2.58. The van der Waals surface area contributed by atoms with Crippen LogP contribution in [0.2, 0.25) is 0 Å². The van der Waals surface area contributed by atoms with Crippen molar-refractivity contribution in [2.24, 2.45) is 23.2 Å². The molecule has 17 heavy (non-hydrogen) atoms. The molecule has 5 atom stereocenters. The summed E-state index contributed by atoms with van der Waals surface area (Å²) in [5.74, 6) is 1.19. The second kappa shape index (κ2) is 3.60.